The number of methoxy groups -OCH3 is 1. The number of aliphatic hydroxyl groups excluding tert-OH is 1. The average Bonchev–Trinajstić information content (AvgIpc) is 3.19. The van der Waals surface area contributed by atoms with Gasteiger partial charge in [0.1, 0.15) is 12.4 Å². The van der Waals surface area contributed by atoms with Crippen LogP contribution in [-0.2, 0) is 13.2 Å². The topological polar surface area (TPSA) is 88.8 Å². The number of aryl methyl sites for hydroxylation is 2. The van der Waals surface area contributed by atoms with Crippen molar-refractivity contribution in [2.24, 2.45) is 5.92 Å². The van der Waals surface area contributed by atoms with Gasteiger partial charge in [-0.1, -0.05) is 11.2 Å². The third-order valence-electron chi connectivity index (χ3n) is 4.82. The number of nitrogens with one attached hydrogen (secondary N) is 2. The first kappa shape index (κ1) is 18.7. The summed E-state index contributed by atoms with van der Waals surface area (Å²) in [7, 11) is 1.63. The van der Waals surface area contributed by atoms with Gasteiger partial charge in [-0.15, -0.1) is 0 Å². The molecule has 142 valence electrons. The van der Waals surface area contributed by atoms with Crippen molar-refractivity contribution in [1.29, 1.82) is 0 Å². The van der Waals surface area contributed by atoms with Crippen molar-refractivity contribution in [2.75, 3.05) is 26.7 Å². The van der Waals surface area contributed by atoms with Gasteiger partial charge < -0.3 is 29.7 Å². The molecule has 0 aliphatic carbocycles. The molecular weight excluding hydrogens is 334 g/mol. The lowest BCUT2D eigenvalue weighted by molar-refractivity contribution is 0.146. The van der Waals surface area contributed by atoms with Crippen molar-refractivity contribution in [3.05, 3.63) is 40.8 Å². The summed E-state index contributed by atoms with van der Waals surface area (Å²) in [6.45, 7) is 7.19. The smallest absolute Gasteiger partial charge is 0.161 e. The van der Waals surface area contributed by atoms with Gasteiger partial charge in [0.25, 0.3) is 0 Å². The number of ether oxygens (including phenoxy) is 2. The number of hydrogen-bond donors (Lipinski definition) is 3. The zero-order valence-electron chi connectivity index (χ0n) is 15.5. The first-order chi connectivity index (χ1) is 12.6. The highest BCUT2D eigenvalue weighted by Gasteiger charge is 2.24. The molecular formula is C19H27N3O4. The molecule has 3 N–H and O–H groups in total. The summed E-state index contributed by atoms with van der Waals surface area (Å²) in [5.41, 5.74) is 2.90. The molecule has 7 heteroatoms. The number of hydrogen-bond acceptors (Lipinski definition) is 7. The van der Waals surface area contributed by atoms with Crippen LogP contribution < -0.4 is 20.1 Å². The van der Waals surface area contributed by atoms with Gasteiger partial charge >= 0.3 is 0 Å². The number of aliphatic hydroxyl groups is 1. The van der Waals surface area contributed by atoms with Crippen LogP contribution in [-0.4, -0.2) is 43.1 Å². The maximum Gasteiger partial charge on any atom is 0.161 e. The lowest BCUT2D eigenvalue weighted by Crippen LogP contribution is -2.30. The molecule has 2 unspecified atom stereocenters. The molecule has 0 bridgehead atoms. The minimum Gasteiger partial charge on any atom is -0.493 e. The molecule has 1 fully saturated rings. The Balaban J connectivity index is 1.56. The first-order valence-corrected chi connectivity index (χ1v) is 8.89. The second kappa shape index (κ2) is 8.53. The molecule has 2 heterocycles. The van der Waals surface area contributed by atoms with E-state index in [2.05, 4.69) is 15.8 Å². The molecule has 2 atom stereocenters. The van der Waals surface area contributed by atoms with Crippen molar-refractivity contribution in [3.63, 3.8) is 0 Å². The van der Waals surface area contributed by atoms with Crippen LogP contribution in [0.4, 0.5) is 0 Å². The Morgan fingerprint density at radius 1 is 1.31 bits per heavy atom. The van der Waals surface area contributed by atoms with Gasteiger partial charge in [-0.05, 0) is 31.5 Å². The van der Waals surface area contributed by atoms with E-state index in [1.807, 2.05) is 32.0 Å². The minimum atomic E-state index is -0.267. The fraction of sp³-hybridized carbons (Fsp3) is 0.526. The summed E-state index contributed by atoms with van der Waals surface area (Å²) in [6, 6.07) is 5.90. The molecule has 1 aliphatic rings. The molecule has 1 aromatic carbocycles. The fourth-order valence-electron chi connectivity index (χ4n) is 3.13. The third kappa shape index (κ3) is 4.35. The molecule has 1 aromatic heterocycles. The van der Waals surface area contributed by atoms with E-state index in [-0.39, 0.29) is 12.0 Å². The predicted octanol–water partition coefficient (Wildman–Crippen LogP) is 1.55. The Kier molecular flexibility index (Phi) is 6.13. The molecule has 26 heavy (non-hydrogen) atoms. The van der Waals surface area contributed by atoms with E-state index in [1.54, 1.807) is 7.11 Å². The molecule has 0 amide bonds. The molecule has 0 radical (unpaired) electrons. The molecule has 0 spiro atoms. The minimum absolute atomic E-state index is 0.259. The monoisotopic (exact) mass is 361 g/mol. The zero-order chi connectivity index (χ0) is 18.5. The van der Waals surface area contributed by atoms with Crippen LogP contribution in [0.3, 0.4) is 0 Å². The van der Waals surface area contributed by atoms with Crippen LogP contribution >= 0.6 is 0 Å². The summed E-state index contributed by atoms with van der Waals surface area (Å²) in [5.74, 6) is 2.41. The zero-order valence-corrected chi connectivity index (χ0v) is 15.5. The fourth-order valence-corrected chi connectivity index (χ4v) is 3.13. The van der Waals surface area contributed by atoms with Gasteiger partial charge in [-0.3, -0.25) is 0 Å². The maximum atomic E-state index is 9.83. The summed E-state index contributed by atoms with van der Waals surface area (Å²) in [4.78, 5) is 0. The second-order valence-electron chi connectivity index (χ2n) is 6.69. The number of nitrogens with zero attached hydrogens (tertiary/aromatic N) is 1. The van der Waals surface area contributed by atoms with E-state index in [4.69, 9.17) is 14.0 Å². The van der Waals surface area contributed by atoms with Crippen LogP contribution in [0.2, 0.25) is 0 Å². The van der Waals surface area contributed by atoms with Gasteiger partial charge in [-0.25, -0.2) is 0 Å². The van der Waals surface area contributed by atoms with Crippen LogP contribution in [0.5, 0.6) is 11.5 Å². The molecule has 2 aromatic rings. The van der Waals surface area contributed by atoms with Gasteiger partial charge in [0, 0.05) is 32.1 Å². The van der Waals surface area contributed by atoms with Crippen LogP contribution in [0, 0.1) is 19.8 Å². The van der Waals surface area contributed by atoms with Gasteiger partial charge in [0.2, 0.25) is 0 Å². The Labute approximate surface area is 153 Å². The van der Waals surface area contributed by atoms with E-state index < -0.39 is 0 Å². The lowest BCUT2D eigenvalue weighted by atomic mass is 10.1. The van der Waals surface area contributed by atoms with Crippen molar-refractivity contribution in [1.82, 2.24) is 15.8 Å². The van der Waals surface area contributed by atoms with Crippen LogP contribution in [0.1, 0.15) is 22.6 Å². The Bertz CT molecular complexity index is 712. The molecule has 1 saturated heterocycles. The lowest BCUT2D eigenvalue weighted by Gasteiger charge is -2.15. The van der Waals surface area contributed by atoms with Crippen molar-refractivity contribution in [3.8, 4) is 11.5 Å². The summed E-state index contributed by atoms with van der Waals surface area (Å²) >= 11 is 0. The molecule has 3 rings (SSSR count). The summed E-state index contributed by atoms with van der Waals surface area (Å²) < 4.78 is 16.5. The van der Waals surface area contributed by atoms with Crippen LogP contribution in [0.15, 0.2) is 22.7 Å². The Morgan fingerprint density at radius 3 is 2.81 bits per heavy atom. The highest BCUT2D eigenvalue weighted by molar-refractivity contribution is 5.43. The highest BCUT2D eigenvalue weighted by Crippen LogP contribution is 2.29. The van der Waals surface area contributed by atoms with E-state index in [1.165, 1.54) is 0 Å². The van der Waals surface area contributed by atoms with E-state index in [0.29, 0.717) is 31.2 Å². The first-order valence-electron chi connectivity index (χ1n) is 8.89. The Hall–Kier alpha value is -2.09. The van der Waals surface area contributed by atoms with E-state index >= 15 is 0 Å². The number of benzene rings is 1. The van der Waals surface area contributed by atoms with Crippen molar-refractivity contribution >= 4 is 0 Å². The van der Waals surface area contributed by atoms with E-state index in [0.717, 1.165) is 35.7 Å². The number of rotatable bonds is 8. The largest absolute Gasteiger partial charge is 0.493 e. The van der Waals surface area contributed by atoms with Gasteiger partial charge in [0.15, 0.2) is 11.5 Å². The highest BCUT2D eigenvalue weighted by atomic mass is 16.5. The summed E-state index contributed by atoms with van der Waals surface area (Å²) in [6.07, 6.45) is -0.267. The Morgan fingerprint density at radius 2 is 2.15 bits per heavy atom. The standard InChI is InChI=1S/C19H27N3O4/c1-12-16(13(2)26-22-12)11-25-18-5-4-14(6-19(18)24-3)7-20-8-15-9-21-10-17(15)23/h4-6,15,17,20-21,23H,7-11H2,1-3H3. The predicted molar refractivity (Wildman–Crippen MR) is 97.4 cm³/mol. The molecule has 1 aliphatic heterocycles. The molecule has 7 nitrogen and oxygen atoms in total. The SMILES string of the molecule is COc1cc(CNCC2CNCC2O)ccc1OCc1c(C)noc1C. The average molecular weight is 361 g/mol. The third-order valence-corrected chi connectivity index (χ3v) is 4.82. The van der Waals surface area contributed by atoms with E-state index in [9.17, 15) is 5.11 Å². The normalized spacial score (nSPS) is 19.7. The van der Waals surface area contributed by atoms with Gasteiger partial charge in [-0.2, -0.15) is 0 Å². The number of aromatic nitrogens is 1. The van der Waals surface area contributed by atoms with Crippen molar-refractivity contribution in [2.45, 2.75) is 33.1 Å². The van der Waals surface area contributed by atoms with Crippen molar-refractivity contribution < 1.29 is 19.1 Å². The van der Waals surface area contributed by atoms with Crippen LogP contribution in [0.25, 0.3) is 0 Å². The summed E-state index contributed by atoms with van der Waals surface area (Å²) in [5, 5.41) is 20.4. The maximum absolute atomic E-state index is 9.83. The number of β-amino-alcohol motifs (C(OH)–C–C–N with tert-alkyl or cyclic N) is 1. The quantitative estimate of drug-likeness (QED) is 0.657. The molecule has 0 saturated carbocycles. The van der Waals surface area contributed by atoms with Gasteiger partial charge in [0.05, 0.1) is 24.5 Å². The second-order valence-corrected chi connectivity index (χ2v) is 6.69.